The van der Waals surface area contributed by atoms with Gasteiger partial charge in [0.2, 0.25) is 5.43 Å². The van der Waals surface area contributed by atoms with Gasteiger partial charge < -0.3 is 15.5 Å². The molecule has 0 amide bonds. The molecule has 0 saturated heterocycles. The second-order valence-electron chi connectivity index (χ2n) is 8.82. The van der Waals surface area contributed by atoms with E-state index in [-0.39, 0.29) is 10.5 Å². The average Bonchev–Trinajstić information content (AvgIpc) is 2.88. The second-order valence-corrected chi connectivity index (χ2v) is 9.22. The zero-order valence-electron chi connectivity index (χ0n) is 19.5. The van der Waals surface area contributed by atoms with Crippen LogP contribution in [0.15, 0.2) is 94.3 Å². The van der Waals surface area contributed by atoms with Crippen LogP contribution in [-0.4, -0.2) is 4.98 Å². The molecule has 3 aromatic carbocycles. The van der Waals surface area contributed by atoms with E-state index in [1.165, 1.54) is 6.07 Å². The zero-order valence-corrected chi connectivity index (χ0v) is 20.3. The van der Waals surface area contributed by atoms with E-state index in [2.05, 4.69) is 29.4 Å². The highest BCUT2D eigenvalue weighted by Crippen LogP contribution is 2.43. The van der Waals surface area contributed by atoms with E-state index in [1.54, 1.807) is 12.3 Å². The molecule has 2 heterocycles. The number of fused-ring (bicyclic) bond motifs is 3. The molecule has 176 valence electrons. The van der Waals surface area contributed by atoms with Crippen LogP contribution in [0.5, 0.6) is 0 Å². The van der Waals surface area contributed by atoms with Crippen LogP contribution in [0.1, 0.15) is 11.1 Å². The van der Waals surface area contributed by atoms with Crippen LogP contribution in [0.25, 0.3) is 44.3 Å². The number of hydrogen-bond donors (Lipinski definition) is 2. The minimum absolute atomic E-state index is 0.160. The fourth-order valence-corrected chi connectivity index (χ4v) is 4.95. The van der Waals surface area contributed by atoms with Gasteiger partial charge in [-0.15, -0.1) is 0 Å². The number of nitrogen functional groups attached to an aromatic ring is 1. The first-order chi connectivity index (χ1) is 17.5. The van der Waals surface area contributed by atoms with Crippen LogP contribution in [0.3, 0.4) is 0 Å². The molecule has 0 spiro atoms. The summed E-state index contributed by atoms with van der Waals surface area (Å²) in [6.07, 6.45) is 1.78. The molecule has 4 aromatic rings. The summed E-state index contributed by atoms with van der Waals surface area (Å²) in [6, 6.07) is 25.1. The van der Waals surface area contributed by atoms with Crippen LogP contribution in [0, 0.1) is 6.92 Å². The predicted octanol–water partition coefficient (Wildman–Crippen LogP) is 7.27. The van der Waals surface area contributed by atoms with Crippen molar-refractivity contribution in [2.75, 3.05) is 11.1 Å². The summed E-state index contributed by atoms with van der Waals surface area (Å²) < 4.78 is 6.38. The van der Waals surface area contributed by atoms with Crippen molar-refractivity contribution in [3.05, 3.63) is 111 Å². The third kappa shape index (κ3) is 3.65. The van der Waals surface area contributed by atoms with Crippen molar-refractivity contribution in [3.63, 3.8) is 0 Å². The zero-order chi connectivity index (χ0) is 24.8. The number of benzene rings is 4. The summed E-state index contributed by atoms with van der Waals surface area (Å²) in [4.78, 5) is 17.0. The van der Waals surface area contributed by atoms with E-state index in [1.807, 2.05) is 54.6 Å². The molecule has 0 bridgehead atoms. The Balaban J connectivity index is 1.59. The van der Waals surface area contributed by atoms with Crippen molar-refractivity contribution in [1.29, 1.82) is 0 Å². The van der Waals surface area contributed by atoms with Gasteiger partial charge in [-0.25, -0.2) is 0 Å². The topological polar surface area (TPSA) is 81.2 Å². The molecule has 1 aliphatic carbocycles. The number of para-hydroxylation sites is 1. The fraction of sp³-hybridized carbons (Fsp3) is 0.0667. The molecule has 0 unspecified atom stereocenters. The number of aromatic nitrogens is 1. The maximum atomic E-state index is 12.4. The van der Waals surface area contributed by atoms with Gasteiger partial charge in [0.1, 0.15) is 11.3 Å². The van der Waals surface area contributed by atoms with Crippen molar-refractivity contribution in [2.45, 2.75) is 13.5 Å². The first-order valence-electron chi connectivity index (χ1n) is 11.6. The van der Waals surface area contributed by atoms with Crippen LogP contribution in [0.4, 0.5) is 11.4 Å². The number of nitrogens with two attached hydrogens (primary N) is 1. The second kappa shape index (κ2) is 8.70. The highest BCUT2D eigenvalue weighted by Gasteiger charge is 2.22. The Morgan fingerprint density at radius 3 is 2.67 bits per heavy atom. The molecule has 5 nitrogen and oxygen atoms in total. The van der Waals surface area contributed by atoms with Gasteiger partial charge in [0.25, 0.3) is 0 Å². The Bertz CT molecular complexity index is 1800. The Hall–Kier alpha value is -4.35. The molecule has 1 aliphatic heterocycles. The van der Waals surface area contributed by atoms with Gasteiger partial charge in [-0.1, -0.05) is 54.1 Å². The van der Waals surface area contributed by atoms with Crippen molar-refractivity contribution in [3.8, 4) is 22.5 Å². The van der Waals surface area contributed by atoms with Crippen LogP contribution < -0.4 is 16.5 Å². The first kappa shape index (κ1) is 22.1. The summed E-state index contributed by atoms with van der Waals surface area (Å²) in [5, 5.41) is 5.59. The number of hydrogen-bond acceptors (Lipinski definition) is 5. The molecule has 36 heavy (non-hydrogen) atoms. The fourth-order valence-electron chi connectivity index (χ4n) is 4.78. The largest absolute Gasteiger partial charge is 0.455 e. The Morgan fingerprint density at radius 2 is 1.81 bits per heavy atom. The number of pyridine rings is 1. The minimum atomic E-state index is -0.284. The number of nitrogens with one attached hydrogen (secondary N) is 1. The molecule has 0 fully saturated rings. The van der Waals surface area contributed by atoms with Gasteiger partial charge >= 0.3 is 0 Å². The van der Waals surface area contributed by atoms with Crippen LogP contribution in [0.2, 0.25) is 5.02 Å². The molecule has 3 N–H and O–H groups in total. The normalized spacial score (nSPS) is 11.4. The van der Waals surface area contributed by atoms with E-state index in [4.69, 9.17) is 21.8 Å². The SMILES string of the molecule is Cc1ccccc1-c1c2cc(Cl)c(=O)cc-2oc2c(CNc3cccc4cccnc34)c(N)ccc12. The number of halogens is 1. The Labute approximate surface area is 212 Å². The molecule has 6 heteroatoms. The lowest BCUT2D eigenvalue weighted by atomic mass is 9.90. The van der Waals surface area contributed by atoms with Gasteiger partial charge in [-0.05, 0) is 48.4 Å². The van der Waals surface area contributed by atoms with Crippen molar-refractivity contribution >= 4 is 44.8 Å². The van der Waals surface area contributed by atoms with Gasteiger partial charge in [0.15, 0.2) is 0 Å². The molecule has 1 aromatic heterocycles. The molecule has 2 aliphatic rings. The smallest absolute Gasteiger partial charge is 0.200 e. The average molecular weight is 492 g/mol. The summed E-state index contributed by atoms with van der Waals surface area (Å²) in [6.45, 7) is 2.48. The number of nitrogens with zero attached hydrogens (tertiary/aromatic N) is 1. The molecule has 0 atom stereocenters. The summed E-state index contributed by atoms with van der Waals surface area (Å²) in [7, 11) is 0. The van der Waals surface area contributed by atoms with E-state index < -0.39 is 0 Å². The number of aryl methyl sites for hydroxylation is 1. The van der Waals surface area contributed by atoms with Crippen molar-refractivity contribution in [1.82, 2.24) is 4.98 Å². The molecular formula is C30H22ClN3O2. The van der Waals surface area contributed by atoms with E-state index >= 15 is 0 Å². The summed E-state index contributed by atoms with van der Waals surface area (Å²) in [5.74, 6) is 0.467. The van der Waals surface area contributed by atoms with Gasteiger partial charge in [-0.3, -0.25) is 9.78 Å². The Morgan fingerprint density at radius 1 is 0.972 bits per heavy atom. The molecule has 0 radical (unpaired) electrons. The van der Waals surface area contributed by atoms with Gasteiger partial charge in [-0.2, -0.15) is 0 Å². The lowest BCUT2D eigenvalue weighted by Crippen LogP contribution is -2.07. The van der Waals surface area contributed by atoms with Crippen LogP contribution >= 0.6 is 11.6 Å². The minimum Gasteiger partial charge on any atom is -0.455 e. The monoisotopic (exact) mass is 491 g/mol. The van der Waals surface area contributed by atoms with Crippen molar-refractivity contribution < 1.29 is 4.42 Å². The standard InChI is InChI=1S/C30H22ClN3O2/c1-17-6-2-3-9-19(17)28-20-11-12-24(32)22(30(20)36-27-15-26(35)23(31)14-21(27)28)16-34-25-10-4-7-18-8-5-13-33-29(18)25/h2-15,34H,16,32H2,1H3. The third-order valence-corrected chi connectivity index (χ3v) is 6.88. The summed E-state index contributed by atoms with van der Waals surface area (Å²) in [5.41, 5.74) is 13.9. The predicted molar refractivity (Wildman–Crippen MR) is 148 cm³/mol. The van der Waals surface area contributed by atoms with Crippen LogP contribution in [-0.2, 0) is 6.54 Å². The van der Waals surface area contributed by atoms with Gasteiger partial charge in [0, 0.05) is 52.0 Å². The Kier molecular flexibility index (Phi) is 5.35. The van der Waals surface area contributed by atoms with Gasteiger partial charge in [0.05, 0.1) is 16.2 Å². The quantitative estimate of drug-likeness (QED) is 0.200. The summed E-state index contributed by atoms with van der Waals surface area (Å²) >= 11 is 6.27. The lowest BCUT2D eigenvalue weighted by Gasteiger charge is -2.20. The maximum absolute atomic E-state index is 12.4. The highest BCUT2D eigenvalue weighted by atomic mass is 35.5. The van der Waals surface area contributed by atoms with E-state index in [0.717, 1.165) is 49.8 Å². The highest BCUT2D eigenvalue weighted by molar-refractivity contribution is 6.31. The molecule has 0 saturated carbocycles. The molecule has 6 rings (SSSR count). The number of anilines is 2. The lowest BCUT2D eigenvalue weighted by molar-refractivity contribution is 0.615. The maximum Gasteiger partial charge on any atom is 0.200 e. The first-order valence-corrected chi connectivity index (χ1v) is 12.0. The van der Waals surface area contributed by atoms with E-state index in [9.17, 15) is 4.79 Å². The van der Waals surface area contributed by atoms with E-state index in [0.29, 0.717) is 23.6 Å². The van der Waals surface area contributed by atoms with Crippen molar-refractivity contribution in [2.24, 2.45) is 0 Å². The third-order valence-electron chi connectivity index (χ3n) is 6.58. The molecular weight excluding hydrogens is 470 g/mol. The number of rotatable bonds is 4.